The average Bonchev–Trinajstić information content (AvgIpc) is 2.05. The zero-order chi connectivity index (χ0) is 8.27. The molecule has 0 aromatic carbocycles. The second kappa shape index (κ2) is 3.53. The molecule has 1 atom stereocenters. The van der Waals surface area contributed by atoms with Crippen molar-refractivity contribution in [3.8, 4) is 0 Å². The number of rotatable bonds is 2. The van der Waals surface area contributed by atoms with Gasteiger partial charge in [-0.05, 0) is 19.8 Å². The van der Waals surface area contributed by atoms with Crippen molar-refractivity contribution in [2.24, 2.45) is 0 Å². The Balaban J connectivity index is 2.58. The predicted octanol–water partition coefficient (Wildman–Crippen LogP) is 0.631. The molecule has 0 radical (unpaired) electrons. The minimum Gasteiger partial charge on any atom is -0.501 e. The highest BCUT2D eigenvalue weighted by Gasteiger charge is 2.17. The summed E-state index contributed by atoms with van der Waals surface area (Å²) in [7, 11) is 0. The summed E-state index contributed by atoms with van der Waals surface area (Å²) < 4.78 is 4.96. The lowest BCUT2D eigenvalue weighted by Gasteiger charge is -2.13. The number of carbonyl (C=O) groups is 1. The van der Waals surface area contributed by atoms with Crippen LogP contribution in [0.3, 0.4) is 0 Å². The summed E-state index contributed by atoms with van der Waals surface area (Å²) in [5, 5.41) is 8.93. The number of hydrogen-bond acceptors (Lipinski definition) is 3. The van der Waals surface area contributed by atoms with E-state index in [9.17, 15) is 4.79 Å². The molecule has 11 heavy (non-hydrogen) atoms. The Morgan fingerprint density at radius 3 is 3.00 bits per heavy atom. The summed E-state index contributed by atoms with van der Waals surface area (Å²) in [4.78, 5) is 11.1. The molecule has 62 valence electrons. The van der Waals surface area contributed by atoms with E-state index in [4.69, 9.17) is 9.84 Å². The zero-order valence-electron chi connectivity index (χ0n) is 6.54. The Kier molecular flexibility index (Phi) is 2.65. The van der Waals surface area contributed by atoms with Crippen LogP contribution in [0.1, 0.15) is 19.8 Å². The van der Waals surface area contributed by atoms with Crippen molar-refractivity contribution in [1.29, 1.82) is 0 Å². The largest absolute Gasteiger partial charge is 0.501 e. The predicted molar refractivity (Wildman–Crippen MR) is 40.0 cm³/mol. The van der Waals surface area contributed by atoms with Crippen molar-refractivity contribution in [2.45, 2.75) is 25.9 Å². The van der Waals surface area contributed by atoms with Crippen molar-refractivity contribution in [2.75, 3.05) is 6.61 Å². The number of carbonyl (C=O) groups excluding carboxylic acids is 1. The monoisotopic (exact) mass is 156 g/mol. The van der Waals surface area contributed by atoms with Gasteiger partial charge in [-0.3, -0.25) is 4.79 Å². The highest BCUT2D eigenvalue weighted by Crippen LogP contribution is 2.13. The topological polar surface area (TPSA) is 46.5 Å². The van der Waals surface area contributed by atoms with Gasteiger partial charge in [-0.1, -0.05) is 0 Å². The third-order valence-corrected chi connectivity index (χ3v) is 1.63. The molecule has 0 spiro atoms. The maximum Gasteiger partial charge on any atom is 0.190 e. The quantitative estimate of drug-likeness (QED) is 0.637. The molecule has 0 aromatic rings. The first-order valence-electron chi connectivity index (χ1n) is 3.74. The Labute approximate surface area is 65.7 Å². The molecular formula is C8H12O3. The van der Waals surface area contributed by atoms with Crippen molar-refractivity contribution in [1.82, 2.24) is 0 Å². The molecule has 0 amide bonds. The second-order valence-electron chi connectivity index (χ2n) is 2.66. The van der Waals surface area contributed by atoms with Crippen LogP contribution in [0.2, 0.25) is 0 Å². The van der Waals surface area contributed by atoms with Crippen LogP contribution in [-0.4, -0.2) is 23.6 Å². The van der Waals surface area contributed by atoms with E-state index in [0.29, 0.717) is 12.2 Å². The van der Waals surface area contributed by atoms with Gasteiger partial charge in [-0.2, -0.15) is 0 Å². The molecule has 0 bridgehead atoms. The van der Waals surface area contributed by atoms with Crippen LogP contribution in [0.4, 0.5) is 0 Å². The van der Waals surface area contributed by atoms with Crippen LogP contribution in [0.5, 0.6) is 0 Å². The van der Waals surface area contributed by atoms with Gasteiger partial charge in [0, 0.05) is 5.57 Å². The van der Waals surface area contributed by atoms with Gasteiger partial charge >= 0.3 is 0 Å². The highest BCUT2D eigenvalue weighted by molar-refractivity contribution is 5.98. The van der Waals surface area contributed by atoms with Crippen LogP contribution in [0, 0.1) is 0 Å². The molecule has 1 aliphatic heterocycles. The molecule has 1 N–H and O–H groups in total. The lowest BCUT2D eigenvalue weighted by molar-refractivity contribution is -0.123. The summed E-state index contributed by atoms with van der Waals surface area (Å²) in [6, 6.07) is 0. The Morgan fingerprint density at radius 2 is 2.55 bits per heavy atom. The van der Waals surface area contributed by atoms with E-state index in [2.05, 4.69) is 0 Å². The van der Waals surface area contributed by atoms with Crippen molar-refractivity contribution in [3.05, 3.63) is 11.8 Å². The average molecular weight is 156 g/mol. The van der Waals surface area contributed by atoms with Gasteiger partial charge in [0.1, 0.15) is 6.10 Å². The van der Waals surface area contributed by atoms with Crippen molar-refractivity contribution < 1.29 is 14.6 Å². The minimum atomic E-state index is -0.900. The van der Waals surface area contributed by atoms with E-state index >= 15 is 0 Å². The molecule has 1 unspecified atom stereocenters. The maximum absolute atomic E-state index is 11.1. The highest BCUT2D eigenvalue weighted by atomic mass is 16.5. The number of hydrogen-bond donors (Lipinski definition) is 1. The first-order chi connectivity index (χ1) is 5.22. The molecule has 0 saturated heterocycles. The van der Waals surface area contributed by atoms with Gasteiger partial charge in [0.05, 0.1) is 12.9 Å². The SMILES string of the molecule is CC(O)C(=O)C1=COCCC1. The first kappa shape index (κ1) is 8.27. The normalized spacial score (nSPS) is 20.0. The van der Waals surface area contributed by atoms with Crippen LogP contribution in [0.15, 0.2) is 11.8 Å². The molecule has 3 nitrogen and oxygen atoms in total. The number of aliphatic hydroxyl groups excluding tert-OH is 1. The molecule has 0 aromatic heterocycles. The van der Waals surface area contributed by atoms with Crippen LogP contribution in [0.25, 0.3) is 0 Å². The zero-order valence-corrected chi connectivity index (χ0v) is 6.54. The van der Waals surface area contributed by atoms with Gasteiger partial charge in [0.25, 0.3) is 0 Å². The third kappa shape index (κ3) is 2.05. The number of aliphatic hydroxyl groups is 1. The van der Waals surface area contributed by atoms with Gasteiger partial charge in [-0.25, -0.2) is 0 Å². The summed E-state index contributed by atoms with van der Waals surface area (Å²) in [6.07, 6.45) is 2.15. The van der Waals surface area contributed by atoms with E-state index in [0.717, 1.165) is 12.8 Å². The Morgan fingerprint density at radius 1 is 1.82 bits per heavy atom. The molecule has 3 heteroatoms. The van der Waals surface area contributed by atoms with E-state index in [1.54, 1.807) is 0 Å². The summed E-state index contributed by atoms with van der Waals surface area (Å²) in [5.74, 6) is -0.218. The van der Waals surface area contributed by atoms with Crippen LogP contribution >= 0.6 is 0 Å². The number of ketones is 1. The fourth-order valence-electron chi connectivity index (χ4n) is 1.01. The molecule has 0 fully saturated rings. The summed E-state index contributed by atoms with van der Waals surface area (Å²) in [5.41, 5.74) is 0.603. The molecule has 1 aliphatic rings. The van der Waals surface area contributed by atoms with Crippen LogP contribution in [-0.2, 0) is 9.53 Å². The molecule has 1 rings (SSSR count). The number of ether oxygens (including phenoxy) is 1. The van der Waals surface area contributed by atoms with E-state index in [-0.39, 0.29) is 5.78 Å². The van der Waals surface area contributed by atoms with Gasteiger partial charge in [0.15, 0.2) is 5.78 Å². The fraction of sp³-hybridized carbons (Fsp3) is 0.625. The standard InChI is InChI=1S/C8H12O3/c1-6(9)8(10)7-3-2-4-11-5-7/h5-6,9H,2-4H2,1H3. The first-order valence-corrected chi connectivity index (χ1v) is 3.74. The maximum atomic E-state index is 11.1. The summed E-state index contributed by atoms with van der Waals surface area (Å²) in [6.45, 7) is 2.15. The van der Waals surface area contributed by atoms with Crippen molar-refractivity contribution in [3.63, 3.8) is 0 Å². The Hall–Kier alpha value is -0.830. The number of Topliss-reactive ketones (excluding diaryl/α,β-unsaturated/α-hetero) is 1. The summed E-state index contributed by atoms with van der Waals surface area (Å²) >= 11 is 0. The lowest BCUT2D eigenvalue weighted by atomic mass is 10.0. The smallest absolute Gasteiger partial charge is 0.190 e. The molecular weight excluding hydrogens is 144 g/mol. The third-order valence-electron chi connectivity index (χ3n) is 1.63. The van der Waals surface area contributed by atoms with E-state index < -0.39 is 6.10 Å². The van der Waals surface area contributed by atoms with E-state index in [1.807, 2.05) is 0 Å². The fourth-order valence-corrected chi connectivity index (χ4v) is 1.01. The van der Waals surface area contributed by atoms with E-state index in [1.165, 1.54) is 13.2 Å². The second-order valence-corrected chi connectivity index (χ2v) is 2.66. The van der Waals surface area contributed by atoms with Gasteiger partial charge in [0.2, 0.25) is 0 Å². The van der Waals surface area contributed by atoms with Gasteiger partial charge in [-0.15, -0.1) is 0 Å². The molecule has 1 heterocycles. The van der Waals surface area contributed by atoms with Crippen molar-refractivity contribution >= 4 is 5.78 Å². The van der Waals surface area contributed by atoms with Crippen LogP contribution < -0.4 is 0 Å². The Bertz CT molecular complexity index is 182. The molecule has 0 aliphatic carbocycles. The van der Waals surface area contributed by atoms with Gasteiger partial charge < -0.3 is 9.84 Å². The lowest BCUT2D eigenvalue weighted by Crippen LogP contribution is -2.20. The molecule has 0 saturated carbocycles. The minimum absolute atomic E-state index is 0.218.